The van der Waals surface area contributed by atoms with Gasteiger partial charge in [0, 0.05) is 23.7 Å². The molecule has 0 bridgehead atoms. The Balaban J connectivity index is 1.61. The van der Waals surface area contributed by atoms with Crippen LogP contribution in [0, 0.1) is 5.92 Å². The number of aliphatic hydroxyl groups is 1. The third-order valence-corrected chi connectivity index (χ3v) is 6.08. The largest absolute Gasteiger partial charge is 0.394 e. The number of nitrogens with zero attached hydrogens (tertiary/aromatic N) is 1. The van der Waals surface area contributed by atoms with Crippen LogP contribution in [0.2, 0.25) is 0 Å². The zero-order valence-corrected chi connectivity index (χ0v) is 14.0. The lowest BCUT2D eigenvalue weighted by Gasteiger charge is -2.48. The minimum atomic E-state index is -0.0950. The van der Waals surface area contributed by atoms with E-state index in [0.29, 0.717) is 12.1 Å². The SMILES string of the molecule is CC(CC(C)(CO)NC1CC1)N1CCCC2CCCCC21. The Morgan fingerprint density at radius 3 is 2.57 bits per heavy atom. The number of nitrogens with one attached hydrogen (secondary N) is 1. The summed E-state index contributed by atoms with van der Waals surface area (Å²) >= 11 is 0. The van der Waals surface area contributed by atoms with Gasteiger partial charge in [-0.05, 0) is 71.3 Å². The van der Waals surface area contributed by atoms with Gasteiger partial charge in [0.25, 0.3) is 0 Å². The standard InChI is InChI=1S/C18H34N2O/c1-14(12-18(2,13-21)19-16-9-10-16)20-11-5-7-15-6-3-4-8-17(15)20/h14-17,19,21H,3-13H2,1-2H3. The fraction of sp³-hybridized carbons (Fsp3) is 1.00. The molecule has 0 radical (unpaired) electrons. The number of piperidine rings is 1. The van der Waals surface area contributed by atoms with Crippen molar-refractivity contribution in [3.05, 3.63) is 0 Å². The molecule has 2 saturated carbocycles. The highest BCUT2D eigenvalue weighted by atomic mass is 16.3. The molecule has 0 amide bonds. The second kappa shape index (κ2) is 6.55. The summed E-state index contributed by atoms with van der Waals surface area (Å²) in [5.41, 5.74) is -0.0950. The molecule has 2 N–H and O–H groups in total. The van der Waals surface area contributed by atoms with Gasteiger partial charge in [0.2, 0.25) is 0 Å². The van der Waals surface area contributed by atoms with E-state index in [1.165, 1.54) is 57.9 Å². The lowest BCUT2D eigenvalue weighted by atomic mass is 9.77. The van der Waals surface area contributed by atoms with Crippen LogP contribution in [0.5, 0.6) is 0 Å². The molecule has 1 saturated heterocycles. The molecule has 3 nitrogen and oxygen atoms in total. The van der Waals surface area contributed by atoms with Crippen molar-refractivity contribution in [3.8, 4) is 0 Å². The number of likely N-dealkylation sites (tertiary alicyclic amines) is 1. The number of hydrogen-bond acceptors (Lipinski definition) is 3. The summed E-state index contributed by atoms with van der Waals surface area (Å²) in [6.45, 7) is 6.13. The summed E-state index contributed by atoms with van der Waals surface area (Å²) in [5.74, 6) is 0.951. The van der Waals surface area contributed by atoms with Crippen molar-refractivity contribution in [2.75, 3.05) is 13.2 Å². The predicted octanol–water partition coefficient (Wildman–Crippen LogP) is 2.92. The van der Waals surface area contributed by atoms with Gasteiger partial charge >= 0.3 is 0 Å². The second-order valence-electron chi connectivity index (χ2n) is 8.18. The van der Waals surface area contributed by atoms with E-state index in [0.717, 1.165) is 18.4 Å². The van der Waals surface area contributed by atoms with Crippen LogP contribution in [0.15, 0.2) is 0 Å². The second-order valence-corrected chi connectivity index (χ2v) is 8.18. The average molecular weight is 294 g/mol. The normalized spacial score (nSPS) is 35.0. The van der Waals surface area contributed by atoms with Gasteiger partial charge in [-0.1, -0.05) is 12.8 Å². The smallest absolute Gasteiger partial charge is 0.0611 e. The Hall–Kier alpha value is -0.120. The number of aliphatic hydroxyl groups excluding tert-OH is 1. The van der Waals surface area contributed by atoms with E-state index in [1.54, 1.807) is 0 Å². The van der Waals surface area contributed by atoms with Crippen molar-refractivity contribution in [2.24, 2.45) is 5.92 Å². The fourth-order valence-corrected chi connectivity index (χ4v) is 4.87. The molecule has 0 aromatic rings. The summed E-state index contributed by atoms with van der Waals surface area (Å²) in [6, 6.07) is 2.07. The molecule has 1 aliphatic heterocycles. The molecule has 3 aliphatic rings. The van der Waals surface area contributed by atoms with Crippen molar-refractivity contribution in [1.29, 1.82) is 0 Å². The quantitative estimate of drug-likeness (QED) is 0.790. The van der Waals surface area contributed by atoms with E-state index in [-0.39, 0.29) is 12.1 Å². The molecule has 4 unspecified atom stereocenters. The van der Waals surface area contributed by atoms with Crippen molar-refractivity contribution in [3.63, 3.8) is 0 Å². The van der Waals surface area contributed by atoms with E-state index in [4.69, 9.17) is 0 Å². The molecular weight excluding hydrogens is 260 g/mol. The zero-order valence-electron chi connectivity index (χ0n) is 14.0. The summed E-state index contributed by atoms with van der Waals surface area (Å²) in [7, 11) is 0. The number of rotatable bonds is 6. The highest BCUT2D eigenvalue weighted by Gasteiger charge is 2.39. The third-order valence-electron chi connectivity index (χ3n) is 6.08. The number of hydrogen-bond donors (Lipinski definition) is 2. The van der Waals surface area contributed by atoms with Gasteiger partial charge in [-0.2, -0.15) is 0 Å². The minimum Gasteiger partial charge on any atom is -0.394 e. The summed E-state index contributed by atoms with van der Waals surface area (Å²) in [5, 5.41) is 13.5. The van der Waals surface area contributed by atoms with Crippen molar-refractivity contribution in [2.45, 2.75) is 95.3 Å². The van der Waals surface area contributed by atoms with Gasteiger partial charge in [0.1, 0.15) is 0 Å². The minimum absolute atomic E-state index is 0.0950. The first-order valence-corrected chi connectivity index (χ1v) is 9.25. The van der Waals surface area contributed by atoms with Crippen LogP contribution in [0.1, 0.15) is 71.6 Å². The highest BCUT2D eigenvalue weighted by Crippen LogP contribution is 2.37. The topological polar surface area (TPSA) is 35.5 Å². The zero-order chi connectivity index (χ0) is 14.9. The summed E-state index contributed by atoms with van der Waals surface area (Å²) < 4.78 is 0. The molecule has 21 heavy (non-hydrogen) atoms. The Morgan fingerprint density at radius 1 is 1.14 bits per heavy atom. The Kier molecular flexibility index (Phi) is 4.92. The monoisotopic (exact) mass is 294 g/mol. The van der Waals surface area contributed by atoms with Gasteiger partial charge in [-0.3, -0.25) is 4.90 Å². The fourth-order valence-electron chi connectivity index (χ4n) is 4.87. The molecule has 0 aromatic carbocycles. The van der Waals surface area contributed by atoms with Crippen molar-refractivity contribution >= 4 is 0 Å². The first kappa shape index (κ1) is 15.8. The highest BCUT2D eigenvalue weighted by molar-refractivity contribution is 4.97. The molecular formula is C18H34N2O. The van der Waals surface area contributed by atoms with Gasteiger partial charge in [0.15, 0.2) is 0 Å². The molecule has 1 heterocycles. The maximum atomic E-state index is 9.86. The van der Waals surface area contributed by atoms with Gasteiger partial charge in [-0.25, -0.2) is 0 Å². The molecule has 122 valence electrons. The molecule has 0 spiro atoms. The van der Waals surface area contributed by atoms with Gasteiger partial charge in [0.05, 0.1) is 6.61 Å². The van der Waals surface area contributed by atoms with Gasteiger partial charge in [-0.15, -0.1) is 0 Å². The summed E-state index contributed by atoms with van der Waals surface area (Å²) in [6.07, 6.45) is 12.2. The van der Waals surface area contributed by atoms with Crippen LogP contribution in [0.4, 0.5) is 0 Å². The van der Waals surface area contributed by atoms with Crippen molar-refractivity contribution in [1.82, 2.24) is 10.2 Å². The van der Waals surface area contributed by atoms with E-state index >= 15 is 0 Å². The van der Waals surface area contributed by atoms with E-state index < -0.39 is 0 Å². The Bertz CT molecular complexity index is 342. The molecule has 3 rings (SSSR count). The third kappa shape index (κ3) is 3.80. The first-order chi connectivity index (χ1) is 10.1. The lowest BCUT2D eigenvalue weighted by Crippen LogP contribution is -2.56. The molecule has 2 aliphatic carbocycles. The number of fused-ring (bicyclic) bond motifs is 1. The van der Waals surface area contributed by atoms with E-state index in [1.807, 2.05) is 0 Å². The van der Waals surface area contributed by atoms with Crippen LogP contribution < -0.4 is 5.32 Å². The Labute approximate surface area is 130 Å². The van der Waals surface area contributed by atoms with E-state index in [2.05, 4.69) is 24.1 Å². The van der Waals surface area contributed by atoms with Gasteiger partial charge < -0.3 is 10.4 Å². The lowest BCUT2D eigenvalue weighted by molar-refractivity contribution is 0.0139. The Morgan fingerprint density at radius 2 is 1.86 bits per heavy atom. The molecule has 4 atom stereocenters. The molecule has 0 aromatic heterocycles. The summed E-state index contributed by atoms with van der Waals surface area (Å²) in [4.78, 5) is 2.79. The van der Waals surface area contributed by atoms with E-state index in [9.17, 15) is 5.11 Å². The average Bonchev–Trinajstić information content (AvgIpc) is 3.30. The predicted molar refractivity (Wildman–Crippen MR) is 87.4 cm³/mol. The van der Waals surface area contributed by atoms with Crippen LogP contribution in [-0.4, -0.2) is 46.8 Å². The van der Waals surface area contributed by atoms with Crippen LogP contribution >= 0.6 is 0 Å². The molecule has 3 heteroatoms. The molecule has 3 fully saturated rings. The van der Waals surface area contributed by atoms with Crippen LogP contribution in [0.3, 0.4) is 0 Å². The van der Waals surface area contributed by atoms with Crippen molar-refractivity contribution < 1.29 is 5.11 Å². The maximum Gasteiger partial charge on any atom is 0.0611 e. The first-order valence-electron chi connectivity index (χ1n) is 9.25. The maximum absolute atomic E-state index is 9.86. The van der Waals surface area contributed by atoms with Crippen LogP contribution in [-0.2, 0) is 0 Å². The van der Waals surface area contributed by atoms with Crippen LogP contribution in [0.25, 0.3) is 0 Å².